The van der Waals surface area contributed by atoms with Crippen LogP contribution >= 0.6 is 11.3 Å². The van der Waals surface area contributed by atoms with Crippen LogP contribution in [0.2, 0.25) is 0 Å². The highest BCUT2D eigenvalue weighted by Crippen LogP contribution is 2.25. The molecule has 0 aliphatic rings. The Morgan fingerprint density at radius 3 is 2.60 bits per heavy atom. The predicted molar refractivity (Wildman–Crippen MR) is 105 cm³/mol. The number of hydrazone groups is 1. The van der Waals surface area contributed by atoms with Crippen LogP contribution in [-0.4, -0.2) is 12.1 Å². The summed E-state index contributed by atoms with van der Waals surface area (Å²) in [7, 11) is 0. The summed E-state index contributed by atoms with van der Waals surface area (Å²) in [4.78, 5) is 13.5. The van der Waals surface area contributed by atoms with Crippen LogP contribution in [0.15, 0.2) is 65.1 Å². The summed E-state index contributed by atoms with van der Waals surface area (Å²) in [6.45, 7) is 4.13. The van der Waals surface area contributed by atoms with Gasteiger partial charge in [0.15, 0.2) is 0 Å². The van der Waals surface area contributed by atoms with Crippen molar-refractivity contribution in [1.82, 2.24) is 5.43 Å². The Morgan fingerprint density at radius 2 is 1.80 bits per heavy atom. The molecule has 0 unspecified atom stereocenters. The quantitative estimate of drug-likeness (QED) is 0.510. The highest BCUT2D eigenvalue weighted by atomic mass is 32.1. The van der Waals surface area contributed by atoms with E-state index in [1.165, 1.54) is 5.56 Å². The Hall–Kier alpha value is -2.92. The summed E-state index contributed by atoms with van der Waals surface area (Å²) in [5, 5.41) is 9.35. The van der Waals surface area contributed by atoms with Gasteiger partial charge in [0.2, 0.25) is 0 Å². The van der Waals surface area contributed by atoms with Gasteiger partial charge in [0.25, 0.3) is 5.91 Å². The van der Waals surface area contributed by atoms with Gasteiger partial charge in [0.1, 0.15) is 0 Å². The fraction of sp³-hybridized carbons (Fsp3) is 0.100. The van der Waals surface area contributed by atoms with E-state index >= 15 is 0 Å². The van der Waals surface area contributed by atoms with Gasteiger partial charge in [-0.3, -0.25) is 4.79 Å². The third kappa shape index (κ3) is 4.14. The molecule has 1 heterocycles. The van der Waals surface area contributed by atoms with Crippen molar-refractivity contribution in [3.63, 3.8) is 0 Å². The summed E-state index contributed by atoms with van der Waals surface area (Å²) < 4.78 is 0. The van der Waals surface area contributed by atoms with Gasteiger partial charge < -0.3 is 5.32 Å². The topological polar surface area (TPSA) is 53.5 Å². The van der Waals surface area contributed by atoms with Crippen LogP contribution < -0.4 is 10.7 Å². The van der Waals surface area contributed by atoms with Gasteiger partial charge in [-0.2, -0.15) is 5.10 Å². The Bertz CT molecular complexity index is 901. The van der Waals surface area contributed by atoms with E-state index in [1.807, 2.05) is 47.8 Å². The van der Waals surface area contributed by atoms with E-state index in [9.17, 15) is 4.79 Å². The molecule has 1 amide bonds. The summed E-state index contributed by atoms with van der Waals surface area (Å²) >= 11 is 1.57. The maximum absolute atomic E-state index is 12.5. The lowest BCUT2D eigenvalue weighted by Crippen LogP contribution is -2.19. The number of anilines is 2. The number of hydrogen-bond donors (Lipinski definition) is 2. The van der Waals surface area contributed by atoms with E-state index in [4.69, 9.17) is 0 Å². The highest BCUT2D eigenvalue weighted by Gasteiger charge is 2.11. The Labute approximate surface area is 151 Å². The largest absolute Gasteiger partial charge is 0.355 e. The molecule has 0 atom stereocenters. The monoisotopic (exact) mass is 349 g/mol. The molecular formula is C20H19N3OS. The lowest BCUT2D eigenvalue weighted by molar-refractivity contribution is 0.0956. The molecule has 2 N–H and O–H groups in total. The number of nitrogens with zero attached hydrogens (tertiary/aromatic N) is 1. The van der Waals surface area contributed by atoms with Crippen LogP contribution in [0, 0.1) is 13.8 Å². The lowest BCUT2D eigenvalue weighted by Gasteiger charge is -2.14. The van der Waals surface area contributed by atoms with Crippen molar-refractivity contribution < 1.29 is 4.79 Å². The van der Waals surface area contributed by atoms with Gasteiger partial charge in [0.05, 0.1) is 17.5 Å². The first kappa shape index (κ1) is 16.9. The van der Waals surface area contributed by atoms with Crippen molar-refractivity contribution in [1.29, 1.82) is 0 Å². The summed E-state index contributed by atoms with van der Waals surface area (Å²) in [6.07, 6.45) is 1.64. The smallest absolute Gasteiger partial charge is 0.273 e. The molecule has 126 valence electrons. The van der Waals surface area contributed by atoms with Crippen LogP contribution in [0.5, 0.6) is 0 Å². The van der Waals surface area contributed by atoms with Crippen LogP contribution in [0.1, 0.15) is 26.4 Å². The Kier molecular flexibility index (Phi) is 5.26. The first-order valence-corrected chi connectivity index (χ1v) is 8.82. The van der Waals surface area contributed by atoms with Gasteiger partial charge in [-0.15, -0.1) is 11.3 Å². The zero-order valence-electron chi connectivity index (χ0n) is 14.1. The molecule has 3 rings (SSSR count). The van der Waals surface area contributed by atoms with Gasteiger partial charge in [-0.1, -0.05) is 30.3 Å². The van der Waals surface area contributed by atoms with E-state index in [0.717, 1.165) is 21.8 Å². The number of carbonyl (C=O) groups is 1. The number of para-hydroxylation sites is 1. The third-order valence-electron chi connectivity index (χ3n) is 3.95. The van der Waals surface area contributed by atoms with Crippen LogP contribution in [0.3, 0.4) is 0 Å². The number of thiophene rings is 1. The summed E-state index contributed by atoms with van der Waals surface area (Å²) in [5.41, 5.74) is 7.23. The number of amides is 1. The molecule has 0 saturated heterocycles. The first-order valence-electron chi connectivity index (χ1n) is 7.94. The number of aryl methyl sites for hydroxylation is 1. The number of benzene rings is 2. The SMILES string of the molecule is Cc1cccc(Nc2ccccc2C(=O)N/N=C/c2cccs2)c1C. The fourth-order valence-electron chi connectivity index (χ4n) is 2.40. The fourth-order valence-corrected chi connectivity index (χ4v) is 2.99. The van der Waals surface area contributed by atoms with Crippen molar-refractivity contribution in [2.45, 2.75) is 13.8 Å². The van der Waals surface area contributed by atoms with E-state index in [2.05, 4.69) is 35.8 Å². The van der Waals surface area contributed by atoms with Gasteiger partial charge in [0, 0.05) is 10.6 Å². The second kappa shape index (κ2) is 7.77. The molecule has 0 saturated carbocycles. The molecule has 0 aliphatic heterocycles. The number of carbonyl (C=O) groups excluding carboxylic acids is 1. The number of hydrogen-bond acceptors (Lipinski definition) is 4. The maximum Gasteiger partial charge on any atom is 0.273 e. The van der Waals surface area contributed by atoms with Crippen molar-refractivity contribution in [2.75, 3.05) is 5.32 Å². The lowest BCUT2D eigenvalue weighted by atomic mass is 10.1. The average molecular weight is 349 g/mol. The Morgan fingerprint density at radius 1 is 1.00 bits per heavy atom. The first-order chi connectivity index (χ1) is 12.1. The molecule has 0 fully saturated rings. The molecule has 25 heavy (non-hydrogen) atoms. The second-order valence-corrected chi connectivity index (χ2v) is 6.61. The molecule has 0 radical (unpaired) electrons. The molecular weight excluding hydrogens is 330 g/mol. The van der Waals surface area contributed by atoms with Crippen molar-refractivity contribution in [2.24, 2.45) is 5.10 Å². The molecule has 4 nitrogen and oxygen atoms in total. The summed E-state index contributed by atoms with van der Waals surface area (Å²) in [5.74, 6) is -0.249. The predicted octanol–water partition coefficient (Wildman–Crippen LogP) is 4.87. The number of nitrogens with one attached hydrogen (secondary N) is 2. The van der Waals surface area contributed by atoms with Crippen molar-refractivity contribution >= 4 is 34.8 Å². The molecule has 0 bridgehead atoms. The second-order valence-electron chi connectivity index (χ2n) is 5.63. The maximum atomic E-state index is 12.5. The van der Waals surface area contributed by atoms with E-state index in [1.54, 1.807) is 23.6 Å². The zero-order valence-corrected chi connectivity index (χ0v) is 14.9. The normalized spacial score (nSPS) is 10.8. The summed E-state index contributed by atoms with van der Waals surface area (Å²) in [6, 6.07) is 17.4. The molecule has 5 heteroatoms. The van der Waals surface area contributed by atoms with Crippen molar-refractivity contribution in [3.05, 3.63) is 81.5 Å². The van der Waals surface area contributed by atoms with Gasteiger partial charge in [-0.25, -0.2) is 5.43 Å². The zero-order chi connectivity index (χ0) is 17.6. The van der Waals surface area contributed by atoms with Gasteiger partial charge >= 0.3 is 0 Å². The van der Waals surface area contributed by atoms with E-state index in [-0.39, 0.29) is 5.91 Å². The minimum atomic E-state index is -0.249. The molecule has 1 aromatic heterocycles. The number of rotatable bonds is 5. The standard InChI is InChI=1S/C20H19N3OS/c1-14-7-5-11-18(15(14)2)22-19-10-4-3-9-17(19)20(24)23-21-13-16-8-6-12-25-16/h3-13,22H,1-2H3,(H,23,24)/b21-13+. The van der Waals surface area contributed by atoms with E-state index in [0.29, 0.717) is 5.56 Å². The highest BCUT2D eigenvalue weighted by molar-refractivity contribution is 7.11. The van der Waals surface area contributed by atoms with Crippen molar-refractivity contribution in [3.8, 4) is 0 Å². The van der Waals surface area contributed by atoms with Gasteiger partial charge in [-0.05, 0) is 54.6 Å². The molecule has 0 spiro atoms. The molecule has 3 aromatic rings. The third-order valence-corrected chi connectivity index (χ3v) is 4.75. The Balaban J connectivity index is 1.78. The molecule has 2 aromatic carbocycles. The van der Waals surface area contributed by atoms with Crippen LogP contribution in [-0.2, 0) is 0 Å². The minimum absolute atomic E-state index is 0.249. The minimum Gasteiger partial charge on any atom is -0.355 e. The molecule has 0 aliphatic carbocycles. The average Bonchev–Trinajstić information content (AvgIpc) is 3.13. The van der Waals surface area contributed by atoms with E-state index < -0.39 is 0 Å². The van der Waals surface area contributed by atoms with Crippen LogP contribution in [0.25, 0.3) is 0 Å². The van der Waals surface area contributed by atoms with Crippen LogP contribution in [0.4, 0.5) is 11.4 Å².